The van der Waals surface area contributed by atoms with Crippen LogP contribution in [0.4, 0.5) is 0 Å². The van der Waals surface area contributed by atoms with Crippen LogP contribution in [-0.4, -0.2) is 28.9 Å². The molecule has 1 aliphatic carbocycles. The number of fused-ring (bicyclic) bond motifs is 1. The van der Waals surface area contributed by atoms with E-state index >= 15 is 0 Å². The quantitative estimate of drug-likeness (QED) is 0.441. The zero-order valence-electron chi connectivity index (χ0n) is 18.7. The number of piperidine rings is 1. The molecule has 0 saturated carbocycles. The minimum Gasteiger partial charge on any atom is -0.460 e. The first-order valence-corrected chi connectivity index (χ1v) is 12.1. The molecule has 31 heavy (non-hydrogen) atoms. The summed E-state index contributed by atoms with van der Waals surface area (Å²) in [6, 6.07) is 8.66. The predicted molar refractivity (Wildman–Crippen MR) is 125 cm³/mol. The van der Waals surface area contributed by atoms with Crippen molar-refractivity contribution in [3.63, 3.8) is 0 Å². The van der Waals surface area contributed by atoms with Crippen LogP contribution in [0.15, 0.2) is 58.2 Å². The molecule has 0 N–H and O–H groups in total. The molecule has 0 spiro atoms. The first-order chi connectivity index (χ1) is 14.8. The van der Waals surface area contributed by atoms with E-state index in [-0.39, 0.29) is 12.3 Å². The van der Waals surface area contributed by atoms with Gasteiger partial charge in [-0.15, -0.1) is 11.8 Å². The molecule has 4 rings (SSSR count). The highest BCUT2D eigenvalue weighted by Gasteiger charge is 2.30. The number of rotatable bonds is 2. The van der Waals surface area contributed by atoms with Crippen LogP contribution in [-0.2, 0) is 26.5 Å². The van der Waals surface area contributed by atoms with Crippen LogP contribution in [0.3, 0.4) is 0 Å². The van der Waals surface area contributed by atoms with Crippen molar-refractivity contribution in [3.8, 4) is 0 Å². The van der Waals surface area contributed by atoms with Crippen molar-refractivity contribution in [1.82, 2.24) is 4.90 Å². The Hall–Kier alpha value is -2.27. The Kier molecular flexibility index (Phi) is 6.42. The number of likely N-dealkylation sites (tertiary alicyclic amines) is 1. The zero-order chi connectivity index (χ0) is 22.0. The summed E-state index contributed by atoms with van der Waals surface area (Å²) < 4.78 is 5.39. The fourth-order valence-electron chi connectivity index (χ4n) is 4.49. The average Bonchev–Trinajstić information content (AvgIpc) is 2.91. The third kappa shape index (κ3) is 5.15. The van der Waals surface area contributed by atoms with Gasteiger partial charge in [-0.05, 0) is 75.1 Å². The van der Waals surface area contributed by atoms with Gasteiger partial charge in [0.15, 0.2) is 0 Å². The first-order valence-electron chi connectivity index (χ1n) is 11.2. The summed E-state index contributed by atoms with van der Waals surface area (Å²) in [5, 5.41) is 0. The van der Waals surface area contributed by atoms with E-state index in [1.165, 1.54) is 27.2 Å². The number of allylic oxidation sites excluding steroid dienone is 5. The Morgan fingerprint density at radius 1 is 1.13 bits per heavy atom. The summed E-state index contributed by atoms with van der Waals surface area (Å²) in [7, 11) is 0. The highest BCUT2D eigenvalue weighted by molar-refractivity contribution is 8.02. The molecule has 1 aromatic carbocycles. The van der Waals surface area contributed by atoms with Crippen LogP contribution >= 0.6 is 11.8 Å². The summed E-state index contributed by atoms with van der Waals surface area (Å²) in [6.45, 7) is 6.16. The second-order valence-corrected chi connectivity index (χ2v) is 10.4. The maximum atomic E-state index is 13.1. The molecule has 1 fully saturated rings. The van der Waals surface area contributed by atoms with Gasteiger partial charge in [-0.3, -0.25) is 9.59 Å². The summed E-state index contributed by atoms with van der Waals surface area (Å²) in [5.74, 6) is 0.357. The molecular formula is C26H31NO3S. The van der Waals surface area contributed by atoms with Crippen LogP contribution in [0, 0.1) is 0 Å². The van der Waals surface area contributed by atoms with E-state index in [1.54, 1.807) is 0 Å². The Balaban J connectivity index is 1.61. The topological polar surface area (TPSA) is 46.6 Å². The highest BCUT2D eigenvalue weighted by atomic mass is 32.2. The minimum absolute atomic E-state index is 0.143. The summed E-state index contributed by atoms with van der Waals surface area (Å²) in [4.78, 5) is 28.6. The second-order valence-electron chi connectivity index (χ2n) is 9.39. The van der Waals surface area contributed by atoms with Gasteiger partial charge < -0.3 is 9.64 Å². The molecule has 4 nitrogen and oxygen atoms in total. The molecule has 2 heterocycles. The number of thioether (sulfide) groups is 1. The molecule has 0 aromatic heterocycles. The lowest BCUT2D eigenvalue weighted by molar-refractivity contribution is -0.157. The van der Waals surface area contributed by atoms with Gasteiger partial charge in [-0.2, -0.15) is 0 Å². The van der Waals surface area contributed by atoms with Crippen molar-refractivity contribution in [2.75, 3.05) is 6.54 Å². The third-order valence-corrected chi connectivity index (χ3v) is 7.07. The molecule has 3 aliphatic rings. The number of carbonyl (C=O) groups excluding carboxylic acids is 2. The number of hydrogen-bond acceptors (Lipinski definition) is 4. The SMILES string of the molecule is CC(C)(C)OC(=O)CC(=O)N1CCCCC1=C1CC=CC2=C1SCc1ccccc1C2. The number of amides is 1. The molecule has 1 saturated heterocycles. The zero-order valence-corrected chi connectivity index (χ0v) is 19.5. The molecule has 2 aliphatic heterocycles. The van der Waals surface area contributed by atoms with E-state index in [0.717, 1.165) is 43.6 Å². The molecule has 5 heteroatoms. The lowest BCUT2D eigenvalue weighted by atomic mass is 9.91. The standard InChI is InChI=1S/C26H31NO3S/c1-26(2,3)30-24(29)16-23(28)27-14-7-6-13-22(27)21-12-8-11-19-15-18-9-4-5-10-20(18)17-31-25(19)21/h4-5,8-11H,6-7,12-17H2,1-3H3. The van der Waals surface area contributed by atoms with Gasteiger partial charge in [0.2, 0.25) is 5.91 Å². The Morgan fingerprint density at radius 2 is 1.90 bits per heavy atom. The largest absolute Gasteiger partial charge is 0.460 e. The Morgan fingerprint density at radius 3 is 2.68 bits per heavy atom. The highest BCUT2D eigenvalue weighted by Crippen LogP contribution is 2.43. The maximum absolute atomic E-state index is 13.1. The number of benzene rings is 1. The average molecular weight is 438 g/mol. The number of carbonyl (C=O) groups is 2. The van der Waals surface area contributed by atoms with Gasteiger partial charge in [0.1, 0.15) is 12.0 Å². The Labute approximate surface area is 189 Å². The summed E-state index contributed by atoms with van der Waals surface area (Å²) in [6.07, 6.45) is 8.97. The van der Waals surface area contributed by atoms with Gasteiger partial charge >= 0.3 is 5.97 Å². The molecule has 0 radical (unpaired) electrons. The third-order valence-electron chi connectivity index (χ3n) is 5.81. The maximum Gasteiger partial charge on any atom is 0.315 e. The number of hydrogen-bond donors (Lipinski definition) is 0. The molecule has 1 amide bonds. The lowest BCUT2D eigenvalue weighted by Crippen LogP contribution is -2.37. The van der Waals surface area contributed by atoms with E-state index in [2.05, 4.69) is 36.4 Å². The fourth-order valence-corrected chi connectivity index (χ4v) is 5.78. The van der Waals surface area contributed by atoms with Crippen molar-refractivity contribution in [2.45, 2.75) is 70.7 Å². The van der Waals surface area contributed by atoms with Crippen LogP contribution in [0.5, 0.6) is 0 Å². The molecule has 164 valence electrons. The van der Waals surface area contributed by atoms with E-state index in [9.17, 15) is 9.59 Å². The Bertz CT molecular complexity index is 981. The molecule has 0 atom stereocenters. The lowest BCUT2D eigenvalue weighted by Gasteiger charge is -2.33. The number of esters is 1. The van der Waals surface area contributed by atoms with Gasteiger partial charge in [0, 0.05) is 22.9 Å². The van der Waals surface area contributed by atoms with Gasteiger partial charge in [0.05, 0.1) is 0 Å². The van der Waals surface area contributed by atoms with Crippen LogP contribution in [0.1, 0.15) is 64.0 Å². The monoisotopic (exact) mass is 437 g/mol. The smallest absolute Gasteiger partial charge is 0.315 e. The van der Waals surface area contributed by atoms with Crippen molar-refractivity contribution >= 4 is 23.6 Å². The molecule has 0 unspecified atom stereocenters. The van der Waals surface area contributed by atoms with E-state index in [0.29, 0.717) is 6.54 Å². The molecule has 0 bridgehead atoms. The van der Waals surface area contributed by atoms with Crippen LogP contribution < -0.4 is 0 Å². The number of nitrogens with zero attached hydrogens (tertiary/aromatic N) is 1. The van der Waals surface area contributed by atoms with Gasteiger partial charge in [-0.1, -0.05) is 36.4 Å². The first kappa shape index (κ1) is 21.9. The van der Waals surface area contributed by atoms with E-state index < -0.39 is 11.6 Å². The van der Waals surface area contributed by atoms with Gasteiger partial charge in [0.25, 0.3) is 0 Å². The van der Waals surface area contributed by atoms with E-state index in [4.69, 9.17) is 4.74 Å². The second kappa shape index (κ2) is 9.07. The van der Waals surface area contributed by atoms with Crippen LogP contribution in [0.2, 0.25) is 0 Å². The summed E-state index contributed by atoms with van der Waals surface area (Å²) in [5.41, 5.74) is 5.91. The van der Waals surface area contributed by atoms with Crippen molar-refractivity contribution in [1.29, 1.82) is 0 Å². The number of ether oxygens (including phenoxy) is 1. The molecule has 1 aromatic rings. The van der Waals surface area contributed by atoms with Crippen molar-refractivity contribution in [3.05, 3.63) is 69.3 Å². The van der Waals surface area contributed by atoms with Gasteiger partial charge in [-0.25, -0.2) is 0 Å². The summed E-state index contributed by atoms with van der Waals surface area (Å²) >= 11 is 1.89. The van der Waals surface area contributed by atoms with Crippen LogP contribution in [0.25, 0.3) is 0 Å². The predicted octanol–water partition coefficient (Wildman–Crippen LogP) is 5.69. The minimum atomic E-state index is -0.583. The van der Waals surface area contributed by atoms with Crippen molar-refractivity contribution in [2.24, 2.45) is 0 Å². The fraction of sp³-hybridized carbons (Fsp3) is 0.462. The normalized spacial score (nSPS) is 21.3. The van der Waals surface area contributed by atoms with Crippen molar-refractivity contribution < 1.29 is 14.3 Å². The molecular weight excluding hydrogens is 406 g/mol. The van der Waals surface area contributed by atoms with E-state index in [1.807, 2.05) is 37.4 Å².